The molecule has 24 heavy (non-hydrogen) atoms. The Bertz CT molecular complexity index is 1110. The van der Waals surface area contributed by atoms with E-state index in [1.165, 1.54) is 18.2 Å². The van der Waals surface area contributed by atoms with Crippen LogP contribution in [-0.2, 0) is 26.6 Å². The summed E-state index contributed by atoms with van der Waals surface area (Å²) in [6, 6.07) is 12.6. The molecule has 2 aromatic carbocycles. The molecule has 8 heteroatoms. The maximum Gasteiger partial charge on any atom is 0.296 e. The Morgan fingerprint density at radius 1 is 0.958 bits per heavy atom. The lowest BCUT2D eigenvalue weighted by atomic mass is 10.1. The standard InChI is InChI=1S/C16H15NO5S2/c1-2-12-7-6-10-14-16(12)15(24(20,21)22)11-17(14)23(18,19)13-8-4-3-5-9-13/h3-11H,2H2,1H3,(H,20,21,22). The summed E-state index contributed by atoms with van der Waals surface area (Å²) in [5, 5.41) is 0.224. The highest BCUT2D eigenvalue weighted by molar-refractivity contribution is 7.90. The van der Waals surface area contributed by atoms with Crippen LogP contribution in [0.1, 0.15) is 12.5 Å². The fraction of sp³-hybridized carbons (Fsp3) is 0.125. The second-order valence-corrected chi connectivity index (χ2v) is 8.45. The van der Waals surface area contributed by atoms with Crippen molar-refractivity contribution in [3.63, 3.8) is 0 Å². The normalized spacial score (nSPS) is 12.6. The van der Waals surface area contributed by atoms with E-state index in [1.807, 2.05) is 6.92 Å². The van der Waals surface area contributed by atoms with E-state index in [-0.39, 0.29) is 15.8 Å². The Hall–Kier alpha value is -2.16. The van der Waals surface area contributed by atoms with Crippen molar-refractivity contribution in [1.82, 2.24) is 3.97 Å². The molecule has 126 valence electrons. The van der Waals surface area contributed by atoms with Crippen LogP contribution in [0, 0.1) is 0 Å². The van der Waals surface area contributed by atoms with Gasteiger partial charge in [0.1, 0.15) is 4.90 Å². The average Bonchev–Trinajstić information content (AvgIpc) is 2.96. The summed E-state index contributed by atoms with van der Waals surface area (Å²) in [7, 11) is -8.56. The summed E-state index contributed by atoms with van der Waals surface area (Å²) in [4.78, 5) is -0.375. The van der Waals surface area contributed by atoms with Crippen LogP contribution in [-0.4, -0.2) is 25.4 Å². The minimum Gasteiger partial charge on any atom is -0.282 e. The minimum atomic E-state index is -4.57. The Labute approximate surface area is 140 Å². The molecule has 0 fully saturated rings. The van der Waals surface area contributed by atoms with Crippen molar-refractivity contribution < 1.29 is 21.4 Å². The molecule has 1 aromatic heterocycles. The van der Waals surface area contributed by atoms with E-state index in [9.17, 15) is 21.4 Å². The number of aryl methyl sites for hydroxylation is 1. The number of hydrogen-bond donors (Lipinski definition) is 1. The van der Waals surface area contributed by atoms with Gasteiger partial charge in [-0.2, -0.15) is 8.42 Å². The first-order valence-corrected chi connectivity index (χ1v) is 10.1. The van der Waals surface area contributed by atoms with Crippen molar-refractivity contribution in [2.75, 3.05) is 0 Å². The lowest BCUT2D eigenvalue weighted by molar-refractivity contribution is 0.484. The minimum absolute atomic E-state index is 0.0330. The van der Waals surface area contributed by atoms with E-state index in [4.69, 9.17) is 0 Å². The third kappa shape index (κ3) is 2.62. The summed E-state index contributed by atoms with van der Waals surface area (Å²) in [6.07, 6.45) is 1.46. The van der Waals surface area contributed by atoms with Gasteiger partial charge in [-0.25, -0.2) is 12.4 Å². The van der Waals surface area contributed by atoms with Crippen LogP contribution in [0.5, 0.6) is 0 Å². The second kappa shape index (κ2) is 5.73. The summed E-state index contributed by atoms with van der Waals surface area (Å²) in [5.41, 5.74) is 0.855. The molecule has 3 aromatic rings. The van der Waals surface area contributed by atoms with E-state index in [1.54, 1.807) is 30.3 Å². The van der Waals surface area contributed by atoms with E-state index >= 15 is 0 Å². The summed E-state index contributed by atoms with van der Waals surface area (Å²) in [5.74, 6) is 0. The molecular formula is C16H15NO5S2. The first kappa shape index (κ1) is 16.7. The zero-order valence-corrected chi connectivity index (χ0v) is 14.4. The van der Waals surface area contributed by atoms with Gasteiger partial charge in [-0.1, -0.05) is 37.3 Å². The Morgan fingerprint density at radius 2 is 1.62 bits per heavy atom. The molecule has 1 N–H and O–H groups in total. The van der Waals surface area contributed by atoms with Gasteiger partial charge in [-0.05, 0) is 30.2 Å². The molecule has 0 aliphatic heterocycles. The number of benzene rings is 2. The number of aromatic nitrogens is 1. The van der Waals surface area contributed by atoms with Gasteiger partial charge in [-0.15, -0.1) is 0 Å². The lowest BCUT2D eigenvalue weighted by Gasteiger charge is -2.08. The maximum absolute atomic E-state index is 12.9. The first-order valence-electron chi connectivity index (χ1n) is 7.18. The average molecular weight is 365 g/mol. The van der Waals surface area contributed by atoms with Crippen LogP contribution < -0.4 is 0 Å². The van der Waals surface area contributed by atoms with Crippen molar-refractivity contribution in [2.45, 2.75) is 23.1 Å². The smallest absolute Gasteiger partial charge is 0.282 e. The van der Waals surface area contributed by atoms with Gasteiger partial charge in [-0.3, -0.25) is 4.55 Å². The largest absolute Gasteiger partial charge is 0.296 e. The van der Waals surface area contributed by atoms with Crippen molar-refractivity contribution in [3.8, 4) is 0 Å². The zero-order chi connectivity index (χ0) is 17.5. The molecule has 0 aliphatic carbocycles. The third-order valence-electron chi connectivity index (χ3n) is 3.81. The molecule has 0 spiro atoms. The number of hydrogen-bond acceptors (Lipinski definition) is 4. The highest BCUT2D eigenvalue weighted by Crippen LogP contribution is 2.31. The molecule has 0 saturated heterocycles. The van der Waals surface area contributed by atoms with Gasteiger partial charge in [0, 0.05) is 11.6 Å². The predicted molar refractivity (Wildman–Crippen MR) is 90.2 cm³/mol. The van der Waals surface area contributed by atoms with Crippen molar-refractivity contribution in [3.05, 3.63) is 60.3 Å². The van der Waals surface area contributed by atoms with Gasteiger partial charge >= 0.3 is 0 Å². The number of nitrogens with zero attached hydrogens (tertiary/aromatic N) is 1. The topological polar surface area (TPSA) is 93.4 Å². The highest BCUT2D eigenvalue weighted by Gasteiger charge is 2.26. The quantitative estimate of drug-likeness (QED) is 0.718. The van der Waals surface area contributed by atoms with Gasteiger partial charge < -0.3 is 0 Å². The van der Waals surface area contributed by atoms with Gasteiger partial charge in [0.15, 0.2) is 0 Å². The van der Waals surface area contributed by atoms with Gasteiger partial charge in [0.2, 0.25) is 0 Å². The summed E-state index contributed by atoms with van der Waals surface area (Å²) in [6.45, 7) is 1.82. The predicted octanol–water partition coefficient (Wildman–Crippen LogP) is 2.69. The summed E-state index contributed by atoms with van der Waals surface area (Å²) >= 11 is 0. The van der Waals surface area contributed by atoms with Crippen LogP contribution in [0.3, 0.4) is 0 Å². The maximum atomic E-state index is 12.9. The molecule has 3 rings (SSSR count). The third-order valence-corrected chi connectivity index (χ3v) is 6.36. The van der Waals surface area contributed by atoms with Crippen LogP contribution in [0.2, 0.25) is 0 Å². The molecule has 0 unspecified atom stereocenters. The molecule has 0 saturated carbocycles. The van der Waals surface area contributed by atoms with Crippen molar-refractivity contribution in [1.29, 1.82) is 0 Å². The molecule has 0 amide bonds. The van der Waals surface area contributed by atoms with Crippen LogP contribution in [0.4, 0.5) is 0 Å². The molecule has 6 nitrogen and oxygen atoms in total. The fourth-order valence-electron chi connectivity index (χ4n) is 2.69. The first-order chi connectivity index (χ1) is 11.3. The van der Waals surface area contributed by atoms with Crippen molar-refractivity contribution in [2.24, 2.45) is 0 Å². The van der Waals surface area contributed by atoms with E-state index in [0.717, 1.165) is 10.2 Å². The van der Waals surface area contributed by atoms with Gasteiger partial charge in [0.25, 0.3) is 20.1 Å². The molecular weight excluding hydrogens is 350 g/mol. The summed E-state index contributed by atoms with van der Waals surface area (Å²) < 4.78 is 59.7. The lowest BCUT2D eigenvalue weighted by Crippen LogP contribution is -2.11. The SMILES string of the molecule is CCc1cccc2c1c(S(=O)(=O)O)cn2S(=O)(=O)c1ccccc1. The Kier molecular flexibility index (Phi) is 3.98. The molecule has 0 bridgehead atoms. The van der Waals surface area contributed by atoms with E-state index in [2.05, 4.69) is 0 Å². The number of rotatable bonds is 4. The fourth-order valence-corrected chi connectivity index (χ4v) is 4.87. The van der Waals surface area contributed by atoms with Crippen LogP contribution in [0.25, 0.3) is 10.9 Å². The Morgan fingerprint density at radius 3 is 2.21 bits per heavy atom. The molecule has 0 radical (unpaired) electrons. The highest BCUT2D eigenvalue weighted by atomic mass is 32.2. The Balaban J connectivity index is 2.44. The molecule has 1 heterocycles. The monoisotopic (exact) mass is 365 g/mol. The zero-order valence-electron chi connectivity index (χ0n) is 12.7. The molecule has 0 atom stereocenters. The molecule has 0 aliphatic rings. The van der Waals surface area contributed by atoms with E-state index < -0.39 is 25.0 Å². The van der Waals surface area contributed by atoms with E-state index in [0.29, 0.717) is 12.0 Å². The second-order valence-electron chi connectivity index (χ2n) is 5.25. The van der Waals surface area contributed by atoms with Crippen LogP contribution in [0.15, 0.2) is 64.5 Å². The van der Waals surface area contributed by atoms with Crippen molar-refractivity contribution >= 4 is 31.0 Å². The van der Waals surface area contributed by atoms with Crippen LogP contribution >= 0.6 is 0 Å². The number of fused-ring (bicyclic) bond motifs is 1. The van der Waals surface area contributed by atoms with Gasteiger partial charge in [0.05, 0.1) is 10.4 Å².